The summed E-state index contributed by atoms with van der Waals surface area (Å²) in [5, 5.41) is 3.28. The molecule has 5 rings (SSSR count). The number of esters is 1. The summed E-state index contributed by atoms with van der Waals surface area (Å²) < 4.78 is 13.0. The molecule has 4 aromatic rings. The number of likely N-dealkylation sites (N-methyl/N-ethyl adjacent to an activating group) is 1. The fraction of sp³-hybridized carbons (Fsp3) is 0.296. The molecular formula is C27H31N7O3. The molecule has 3 heterocycles. The number of carbonyl (C=O) groups excluding carboxylic acids is 1. The van der Waals surface area contributed by atoms with E-state index in [0.29, 0.717) is 34.7 Å². The molecule has 2 aromatic heterocycles. The first-order valence-corrected chi connectivity index (χ1v) is 12.3. The minimum atomic E-state index is -0.449. The van der Waals surface area contributed by atoms with Crippen LogP contribution < -0.4 is 20.7 Å². The van der Waals surface area contributed by atoms with Crippen molar-refractivity contribution in [3.63, 3.8) is 0 Å². The second-order valence-electron chi connectivity index (χ2n) is 8.89. The highest BCUT2D eigenvalue weighted by molar-refractivity contribution is 5.98. The number of nitrogens with one attached hydrogen (secondary N) is 1. The molecule has 0 spiro atoms. The van der Waals surface area contributed by atoms with Crippen LogP contribution in [0.3, 0.4) is 0 Å². The van der Waals surface area contributed by atoms with Crippen molar-refractivity contribution in [1.82, 2.24) is 19.4 Å². The van der Waals surface area contributed by atoms with Gasteiger partial charge in [0.15, 0.2) is 5.82 Å². The highest BCUT2D eigenvalue weighted by atomic mass is 16.5. The van der Waals surface area contributed by atoms with E-state index in [1.807, 2.05) is 29.8 Å². The van der Waals surface area contributed by atoms with Crippen LogP contribution in [-0.4, -0.2) is 72.3 Å². The van der Waals surface area contributed by atoms with Crippen LogP contribution in [0.2, 0.25) is 0 Å². The normalized spacial score (nSPS) is 14.1. The van der Waals surface area contributed by atoms with Gasteiger partial charge in [-0.15, -0.1) is 0 Å². The molecule has 3 N–H and O–H groups in total. The first kappa shape index (κ1) is 24.4. The average Bonchev–Trinajstić information content (AvgIpc) is 3.33. The van der Waals surface area contributed by atoms with Gasteiger partial charge in [0.2, 0.25) is 5.95 Å². The standard InChI is InChI=1S/C27H31N7O3/c1-4-37-23-17-18(33-15-13-32(2)14-16-33)9-10-22(23)34-12-11-21-24(34)25(31-27(28)30-21)29-20-8-6-5-7-19(20)26(35)36-3/h5-12,17H,4,13-16H2,1-3H3,(H3,28,29,30,31). The Morgan fingerprint density at radius 1 is 1.08 bits per heavy atom. The minimum Gasteiger partial charge on any atom is -0.492 e. The lowest BCUT2D eigenvalue weighted by Gasteiger charge is -2.34. The van der Waals surface area contributed by atoms with E-state index in [4.69, 9.17) is 15.2 Å². The molecule has 1 aliphatic rings. The SMILES string of the molecule is CCOc1cc(N2CCN(C)CC2)ccc1-n1ccc2nc(N)nc(Nc3ccccc3C(=O)OC)c21. The summed E-state index contributed by atoms with van der Waals surface area (Å²) in [4.78, 5) is 26.0. The van der Waals surface area contributed by atoms with Gasteiger partial charge in [-0.05, 0) is 44.3 Å². The van der Waals surface area contributed by atoms with E-state index in [-0.39, 0.29) is 5.95 Å². The zero-order valence-corrected chi connectivity index (χ0v) is 21.3. The third-order valence-corrected chi connectivity index (χ3v) is 6.51. The van der Waals surface area contributed by atoms with Gasteiger partial charge in [-0.25, -0.2) is 9.78 Å². The number of piperazine rings is 1. The van der Waals surface area contributed by atoms with Crippen molar-refractivity contribution in [1.29, 1.82) is 0 Å². The van der Waals surface area contributed by atoms with Crippen molar-refractivity contribution < 1.29 is 14.3 Å². The van der Waals surface area contributed by atoms with E-state index in [1.165, 1.54) is 7.11 Å². The molecule has 2 aromatic carbocycles. The van der Waals surface area contributed by atoms with Crippen molar-refractivity contribution >= 4 is 40.1 Å². The number of nitrogens with two attached hydrogens (primary N) is 1. The molecule has 1 fully saturated rings. The number of benzene rings is 2. The van der Waals surface area contributed by atoms with Gasteiger partial charge in [-0.1, -0.05) is 12.1 Å². The zero-order valence-electron chi connectivity index (χ0n) is 21.3. The van der Waals surface area contributed by atoms with Gasteiger partial charge in [-0.2, -0.15) is 4.98 Å². The lowest BCUT2D eigenvalue weighted by Crippen LogP contribution is -2.44. The van der Waals surface area contributed by atoms with Crippen LogP contribution in [0.1, 0.15) is 17.3 Å². The molecule has 0 saturated carbocycles. The molecule has 0 unspecified atom stereocenters. The number of nitrogens with zero attached hydrogens (tertiary/aromatic N) is 5. The number of hydrogen-bond acceptors (Lipinski definition) is 9. The van der Waals surface area contributed by atoms with Gasteiger partial charge < -0.3 is 34.9 Å². The average molecular weight is 502 g/mol. The maximum absolute atomic E-state index is 12.3. The Morgan fingerprint density at radius 3 is 2.62 bits per heavy atom. The number of hydrogen-bond donors (Lipinski definition) is 2. The predicted molar refractivity (Wildman–Crippen MR) is 145 cm³/mol. The Bertz CT molecular complexity index is 1430. The monoisotopic (exact) mass is 501 g/mol. The van der Waals surface area contributed by atoms with Gasteiger partial charge in [0.25, 0.3) is 0 Å². The number of nitrogen functional groups attached to an aromatic ring is 1. The molecule has 10 heteroatoms. The van der Waals surface area contributed by atoms with Gasteiger partial charge in [0, 0.05) is 44.1 Å². The van der Waals surface area contributed by atoms with Crippen molar-refractivity contribution in [2.45, 2.75) is 6.92 Å². The number of methoxy groups -OCH3 is 1. The lowest BCUT2D eigenvalue weighted by atomic mass is 10.1. The van der Waals surface area contributed by atoms with Crippen LogP contribution in [-0.2, 0) is 4.74 Å². The highest BCUT2D eigenvalue weighted by Crippen LogP contribution is 2.35. The fourth-order valence-corrected chi connectivity index (χ4v) is 4.59. The molecule has 192 valence electrons. The maximum atomic E-state index is 12.3. The molecule has 1 saturated heterocycles. The van der Waals surface area contributed by atoms with Crippen molar-refractivity contribution in [2.24, 2.45) is 0 Å². The van der Waals surface area contributed by atoms with E-state index in [0.717, 1.165) is 43.3 Å². The van der Waals surface area contributed by atoms with Gasteiger partial charge >= 0.3 is 5.97 Å². The Kier molecular flexibility index (Phi) is 6.82. The number of aromatic nitrogens is 3. The topological polar surface area (TPSA) is 111 Å². The molecule has 1 aliphatic heterocycles. The summed E-state index contributed by atoms with van der Waals surface area (Å²) in [7, 11) is 3.50. The van der Waals surface area contributed by atoms with Gasteiger partial charge in [0.1, 0.15) is 11.3 Å². The Labute approximate surface area is 215 Å². The van der Waals surface area contributed by atoms with E-state index in [1.54, 1.807) is 18.2 Å². The van der Waals surface area contributed by atoms with Crippen LogP contribution in [0.5, 0.6) is 5.75 Å². The number of carbonyl (C=O) groups is 1. The van der Waals surface area contributed by atoms with Gasteiger partial charge in [0.05, 0.1) is 36.2 Å². The molecule has 10 nitrogen and oxygen atoms in total. The van der Waals surface area contributed by atoms with E-state index < -0.39 is 5.97 Å². The van der Waals surface area contributed by atoms with E-state index >= 15 is 0 Å². The number of fused-ring (bicyclic) bond motifs is 1. The van der Waals surface area contributed by atoms with Crippen LogP contribution in [0.15, 0.2) is 54.7 Å². The molecular weight excluding hydrogens is 470 g/mol. The van der Waals surface area contributed by atoms with Crippen LogP contribution >= 0.6 is 0 Å². The molecule has 0 amide bonds. The van der Waals surface area contributed by atoms with Crippen molar-refractivity contribution in [3.8, 4) is 11.4 Å². The summed E-state index contributed by atoms with van der Waals surface area (Å²) in [5.41, 5.74) is 10.3. The van der Waals surface area contributed by atoms with Crippen molar-refractivity contribution in [2.75, 3.05) is 62.9 Å². The number of para-hydroxylation sites is 1. The minimum absolute atomic E-state index is 0.124. The molecule has 0 atom stereocenters. The number of ether oxygens (including phenoxy) is 2. The Balaban J connectivity index is 1.59. The third kappa shape index (κ3) is 4.88. The first-order valence-electron chi connectivity index (χ1n) is 12.3. The summed E-state index contributed by atoms with van der Waals surface area (Å²) in [6, 6.07) is 15.2. The second-order valence-corrected chi connectivity index (χ2v) is 8.89. The Hall–Kier alpha value is -4.31. The molecule has 0 aliphatic carbocycles. The van der Waals surface area contributed by atoms with Crippen LogP contribution in [0.25, 0.3) is 16.7 Å². The Morgan fingerprint density at radius 2 is 1.86 bits per heavy atom. The molecule has 0 radical (unpaired) electrons. The first-order chi connectivity index (χ1) is 18.0. The fourth-order valence-electron chi connectivity index (χ4n) is 4.59. The lowest BCUT2D eigenvalue weighted by molar-refractivity contribution is 0.0602. The maximum Gasteiger partial charge on any atom is 0.339 e. The highest BCUT2D eigenvalue weighted by Gasteiger charge is 2.20. The molecule has 37 heavy (non-hydrogen) atoms. The number of rotatable bonds is 7. The zero-order chi connectivity index (χ0) is 25.9. The number of anilines is 4. The van der Waals surface area contributed by atoms with Gasteiger partial charge in [-0.3, -0.25) is 0 Å². The van der Waals surface area contributed by atoms with E-state index in [2.05, 4.69) is 50.3 Å². The van der Waals surface area contributed by atoms with Crippen LogP contribution in [0, 0.1) is 0 Å². The molecule has 0 bridgehead atoms. The summed E-state index contributed by atoms with van der Waals surface area (Å²) in [6.07, 6.45) is 1.92. The van der Waals surface area contributed by atoms with Crippen LogP contribution in [0.4, 0.5) is 23.1 Å². The quantitative estimate of drug-likeness (QED) is 0.366. The van der Waals surface area contributed by atoms with E-state index in [9.17, 15) is 4.79 Å². The third-order valence-electron chi connectivity index (χ3n) is 6.51. The predicted octanol–water partition coefficient (Wildman–Crippen LogP) is 3.68. The van der Waals surface area contributed by atoms with Crippen molar-refractivity contribution in [3.05, 3.63) is 60.3 Å². The summed E-state index contributed by atoms with van der Waals surface area (Å²) in [5.74, 6) is 0.900. The largest absolute Gasteiger partial charge is 0.492 e. The smallest absolute Gasteiger partial charge is 0.339 e. The summed E-state index contributed by atoms with van der Waals surface area (Å²) in [6.45, 7) is 6.48. The summed E-state index contributed by atoms with van der Waals surface area (Å²) >= 11 is 0. The second kappa shape index (κ2) is 10.4.